The summed E-state index contributed by atoms with van der Waals surface area (Å²) < 4.78 is 0. The summed E-state index contributed by atoms with van der Waals surface area (Å²) in [6.07, 6.45) is 4.54. The lowest BCUT2D eigenvalue weighted by atomic mass is 9.85. The summed E-state index contributed by atoms with van der Waals surface area (Å²) in [5.74, 6) is -0.204. The van der Waals surface area contributed by atoms with E-state index in [9.17, 15) is 4.79 Å². The van der Waals surface area contributed by atoms with Crippen molar-refractivity contribution in [2.24, 2.45) is 5.73 Å². The third-order valence-corrected chi connectivity index (χ3v) is 3.87. The van der Waals surface area contributed by atoms with Gasteiger partial charge in [0.25, 0.3) is 5.56 Å². The summed E-state index contributed by atoms with van der Waals surface area (Å²) >= 11 is 0. The normalized spacial score (nSPS) is 17.9. The molecule has 0 radical (unpaired) electrons. The molecular weight excluding hydrogens is 242 g/mol. The quantitative estimate of drug-likeness (QED) is 0.405. The Morgan fingerprint density at radius 1 is 1.53 bits per heavy atom. The van der Waals surface area contributed by atoms with E-state index in [4.69, 9.17) is 11.1 Å². The maximum absolute atomic E-state index is 11.8. The molecule has 2 heterocycles. The fraction of sp³-hybridized carbons (Fsp3) is 0.538. The molecule has 0 amide bonds. The molecule has 104 valence electrons. The Kier molecular flexibility index (Phi) is 3.90. The molecule has 0 spiro atoms. The number of amidine groups is 1. The van der Waals surface area contributed by atoms with Gasteiger partial charge in [-0.15, -0.1) is 0 Å². The number of hydrogen-bond acceptors (Lipinski definition) is 4. The van der Waals surface area contributed by atoms with Crippen LogP contribution in [0.15, 0.2) is 17.1 Å². The van der Waals surface area contributed by atoms with Crippen LogP contribution in [0.4, 0.5) is 5.69 Å². The van der Waals surface area contributed by atoms with E-state index in [1.807, 2.05) is 0 Å². The molecule has 6 heteroatoms. The number of nitrogen functional groups attached to an aromatic ring is 1. The van der Waals surface area contributed by atoms with Crippen LogP contribution in [-0.2, 0) is 0 Å². The topological polar surface area (TPSA) is 107 Å². The molecule has 1 aliphatic rings. The van der Waals surface area contributed by atoms with Crippen LogP contribution in [-0.4, -0.2) is 29.4 Å². The van der Waals surface area contributed by atoms with E-state index >= 15 is 0 Å². The summed E-state index contributed by atoms with van der Waals surface area (Å²) in [4.78, 5) is 14.3. The van der Waals surface area contributed by atoms with Crippen LogP contribution < -0.4 is 21.9 Å². The second-order valence-corrected chi connectivity index (χ2v) is 5.02. The number of aromatic amines is 1. The zero-order valence-corrected chi connectivity index (χ0v) is 11.2. The average molecular weight is 263 g/mol. The first-order valence-corrected chi connectivity index (χ1v) is 6.63. The third kappa shape index (κ3) is 2.78. The molecule has 0 saturated carbocycles. The van der Waals surface area contributed by atoms with Gasteiger partial charge in [0.15, 0.2) is 0 Å². The van der Waals surface area contributed by atoms with Crippen LogP contribution in [0.25, 0.3) is 0 Å². The fourth-order valence-electron chi connectivity index (χ4n) is 2.61. The van der Waals surface area contributed by atoms with Crippen LogP contribution in [0, 0.1) is 5.41 Å². The molecule has 0 aromatic carbocycles. The van der Waals surface area contributed by atoms with Crippen molar-refractivity contribution in [2.75, 3.05) is 18.4 Å². The summed E-state index contributed by atoms with van der Waals surface area (Å²) in [5.41, 5.74) is 6.05. The summed E-state index contributed by atoms with van der Waals surface area (Å²) in [5, 5.41) is 14.3. The minimum Gasteiger partial charge on any atom is -0.383 e. The average Bonchev–Trinajstić information content (AvgIpc) is 2.39. The Hall–Kier alpha value is -1.82. The van der Waals surface area contributed by atoms with Crippen LogP contribution in [0.2, 0.25) is 0 Å². The number of nitrogens with one attached hydrogen (secondary N) is 4. The third-order valence-electron chi connectivity index (χ3n) is 3.87. The molecule has 1 aliphatic heterocycles. The largest absolute Gasteiger partial charge is 0.383 e. The number of hydrogen-bond donors (Lipinski definition) is 5. The van der Waals surface area contributed by atoms with Crippen LogP contribution in [0.3, 0.4) is 0 Å². The zero-order chi connectivity index (χ0) is 13.9. The maximum atomic E-state index is 11.8. The molecule has 0 bridgehead atoms. The van der Waals surface area contributed by atoms with E-state index < -0.39 is 0 Å². The molecule has 1 saturated heterocycles. The molecule has 0 aliphatic carbocycles. The van der Waals surface area contributed by atoms with Gasteiger partial charge in [-0.3, -0.25) is 10.2 Å². The minimum atomic E-state index is -0.322. The molecule has 0 atom stereocenters. The first-order valence-electron chi connectivity index (χ1n) is 6.63. The van der Waals surface area contributed by atoms with Crippen molar-refractivity contribution in [3.05, 3.63) is 28.2 Å². The number of pyridine rings is 1. The molecule has 19 heavy (non-hydrogen) atoms. The summed E-state index contributed by atoms with van der Waals surface area (Å²) in [6.45, 7) is 4.05. The van der Waals surface area contributed by atoms with Gasteiger partial charge < -0.3 is 21.4 Å². The van der Waals surface area contributed by atoms with E-state index in [-0.39, 0.29) is 22.5 Å². The van der Waals surface area contributed by atoms with E-state index in [1.165, 1.54) is 0 Å². The van der Waals surface area contributed by atoms with E-state index in [0.717, 1.165) is 32.4 Å². The van der Waals surface area contributed by atoms with Crippen molar-refractivity contribution in [3.8, 4) is 0 Å². The number of H-pyrrole nitrogens is 1. The Labute approximate surface area is 112 Å². The predicted octanol–water partition coefficient (Wildman–Crippen LogP) is 0.603. The SMILES string of the molecule is CCC1(Nc2cc[nH]c(=O)c2C(=N)N)CCNCC1. The molecule has 1 aromatic rings. The van der Waals surface area contributed by atoms with Crippen molar-refractivity contribution >= 4 is 11.5 Å². The first kappa shape index (κ1) is 13.6. The Morgan fingerprint density at radius 2 is 2.21 bits per heavy atom. The van der Waals surface area contributed by atoms with Crippen molar-refractivity contribution in [1.82, 2.24) is 10.3 Å². The highest BCUT2D eigenvalue weighted by Crippen LogP contribution is 2.28. The van der Waals surface area contributed by atoms with Crippen LogP contribution in [0.5, 0.6) is 0 Å². The maximum Gasteiger partial charge on any atom is 0.261 e. The van der Waals surface area contributed by atoms with Gasteiger partial charge in [0.1, 0.15) is 11.4 Å². The van der Waals surface area contributed by atoms with Gasteiger partial charge in [0.2, 0.25) is 0 Å². The highest BCUT2D eigenvalue weighted by molar-refractivity contribution is 5.99. The van der Waals surface area contributed by atoms with Gasteiger partial charge in [-0.1, -0.05) is 6.92 Å². The van der Waals surface area contributed by atoms with Crippen molar-refractivity contribution in [3.63, 3.8) is 0 Å². The minimum absolute atomic E-state index is 0.0246. The molecule has 6 N–H and O–H groups in total. The number of rotatable bonds is 4. The number of nitrogens with two attached hydrogens (primary N) is 1. The van der Waals surface area contributed by atoms with Gasteiger partial charge >= 0.3 is 0 Å². The van der Waals surface area contributed by atoms with Gasteiger partial charge in [-0.05, 0) is 38.4 Å². The zero-order valence-electron chi connectivity index (χ0n) is 11.2. The molecule has 1 fully saturated rings. The fourth-order valence-corrected chi connectivity index (χ4v) is 2.61. The lowest BCUT2D eigenvalue weighted by molar-refractivity contribution is 0.329. The Morgan fingerprint density at radius 3 is 2.79 bits per heavy atom. The first-order chi connectivity index (χ1) is 9.08. The highest BCUT2D eigenvalue weighted by Gasteiger charge is 2.30. The molecule has 1 aromatic heterocycles. The summed E-state index contributed by atoms with van der Waals surface area (Å²) in [6, 6.07) is 1.78. The van der Waals surface area contributed by atoms with Crippen molar-refractivity contribution in [1.29, 1.82) is 5.41 Å². The molecule has 6 nitrogen and oxygen atoms in total. The predicted molar refractivity (Wildman–Crippen MR) is 76.8 cm³/mol. The van der Waals surface area contributed by atoms with Crippen LogP contribution >= 0.6 is 0 Å². The van der Waals surface area contributed by atoms with Crippen LogP contribution in [0.1, 0.15) is 31.7 Å². The molecule has 0 unspecified atom stereocenters. The number of anilines is 1. The molecule has 2 rings (SSSR count). The number of piperidine rings is 1. The lowest BCUT2D eigenvalue weighted by Gasteiger charge is -2.39. The lowest BCUT2D eigenvalue weighted by Crippen LogP contribution is -2.47. The smallest absolute Gasteiger partial charge is 0.261 e. The van der Waals surface area contributed by atoms with E-state index in [1.54, 1.807) is 12.3 Å². The monoisotopic (exact) mass is 263 g/mol. The number of aromatic nitrogens is 1. The second-order valence-electron chi connectivity index (χ2n) is 5.02. The van der Waals surface area contributed by atoms with Crippen molar-refractivity contribution < 1.29 is 0 Å². The van der Waals surface area contributed by atoms with Gasteiger partial charge in [-0.25, -0.2) is 0 Å². The van der Waals surface area contributed by atoms with Crippen molar-refractivity contribution in [2.45, 2.75) is 31.7 Å². The van der Waals surface area contributed by atoms with Gasteiger partial charge in [0.05, 0.1) is 5.69 Å². The Bertz CT molecular complexity index is 516. The molecular formula is C13H21N5O. The summed E-state index contributed by atoms with van der Waals surface area (Å²) in [7, 11) is 0. The highest BCUT2D eigenvalue weighted by atomic mass is 16.1. The van der Waals surface area contributed by atoms with Gasteiger partial charge in [-0.2, -0.15) is 0 Å². The van der Waals surface area contributed by atoms with Gasteiger partial charge in [0, 0.05) is 11.7 Å². The second kappa shape index (κ2) is 5.44. The van der Waals surface area contributed by atoms with E-state index in [2.05, 4.69) is 22.5 Å². The standard InChI is InChI=1S/C13H21N5O/c1-2-13(4-7-16-8-5-13)18-9-3-6-17-12(19)10(9)11(14)15/h3,6,16H,2,4-5,7-8H2,1H3,(H3,14,15)(H2,17,18,19). The van der Waals surface area contributed by atoms with E-state index in [0.29, 0.717) is 5.69 Å². The Balaban J connectivity index is 2.34.